The van der Waals surface area contributed by atoms with Gasteiger partial charge in [-0.15, -0.1) is 0 Å². The van der Waals surface area contributed by atoms with Crippen LogP contribution in [-0.2, 0) is 10.8 Å². The number of aromatic hydroxyl groups is 1. The third-order valence-corrected chi connectivity index (χ3v) is 5.91. The van der Waals surface area contributed by atoms with Gasteiger partial charge in [0.15, 0.2) is 4.77 Å². The lowest BCUT2D eigenvalue weighted by Crippen LogP contribution is -2.16. The predicted octanol–water partition coefficient (Wildman–Crippen LogP) is 4.25. The first kappa shape index (κ1) is 19.5. The molecule has 146 valence electrons. The van der Waals surface area contributed by atoms with Crippen molar-refractivity contribution < 1.29 is 9.32 Å². The number of nitrogens with zero attached hydrogens (tertiary/aromatic N) is 2. The molecule has 0 spiro atoms. The van der Waals surface area contributed by atoms with E-state index in [-0.39, 0.29) is 16.2 Å². The monoisotopic (exact) mass is 443 g/mol. The van der Waals surface area contributed by atoms with Gasteiger partial charge in [-0.3, -0.25) is 23.5 Å². The van der Waals surface area contributed by atoms with Crippen LogP contribution in [0, 0.1) is 4.77 Å². The molecule has 0 bridgehead atoms. The summed E-state index contributed by atoms with van der Waals surface area (Å²) in [6, 6.07) is 12.0. The second kappa shape index (κ2) is 7.55. The summed E-state index contributed by atoms with van der Waals surface area (Å²) in [5, 5.41) is 11.4. The van der Waals surface area contributed by atoms with E-state index in [0.29, 0.717) is 26.9 Å². The van der Waals surface area contributed by atoms with Crippen LogP contribution < -0.4 is 5.56 Å². The minimum absolute atomic E-state index is 0.0332. The number of aromatic nitrogens is 2. The summed E-state index contributed by atoms with van der Waals surface area (Å²) >= 11 is 11.2. The quantitative estimate of drug-likeness (QED) is 0.592. The molecule has 2 aromatic carbocycles. The number of aromatic amines is 1. The molecule has 0 saturated carbocycles. The number of halogens is 1. The van der Waals surface area contributed by atoms with Crippen LogP contribution in [0.4, 0.5) is 5.69 Å². The Labute approximate surface area is 178 Å². The molecule has 1 unspecified atom stereocenters. The first-order valence-corrected chi connectivity index (χ1v) is 10.8. The Morgan fingerprint density at radius 1 is 1.24 bits per heavy atom. The maximum Gasteiger partial charge on any atom is 0.262 e. The number of aliphatic imine (C=N–C) groups is 1. The molecule has 0 aliphatic carbocycles. The molecule has 4 rings (SSSR count). The highest BCUT2D eigenvalue weighted by Gasteiger charge is 2.18. The predicted molar refractivity (Wildman–Crippen MR) is 119 cm³/mol. The first-order chi connectivity index (χ1) is 13.8. The van der Waals surface area contributed by atoms with Crippen LogP contribution in [0.1, 0.15) is 11.1 Å². The summed E-state index contributed by atoms with van der Waals surface area (Å²) in [6.07, 6.45) is 4.72. The highest BCUT2D eigenvalue weighted by molar-refractivity contribution is 7.84. The van der Waals surface area contributed by atoms with Crippen LogP contribution in [0.2, 0.25) is 5.02 Å². The zero-order chi connectivity index (χ0) is 20.7. The average molecular weight is 444 g/mol. The lowest BCUT2D eigenvalue weighted by molar-refractivity contribution is 0.432. The van der Waals surface area contributed by atoms with Crippen molar-refractivity contribution in [3.05, 3.63) is 73.7 Å². The second-order valence-corrected chi connectivity index (χ2v) is 8.50. The number of H-pyrrole nitrogens is 1. The Morgan fingerprint density at radius 3 is 2.66 bits per heavy atom. The molecule has 0 saturated heterocycles. The molecule has 0 radical (unpaired) electrons. The minimum Gasteiger partial charge on any atom is -0.494 e. The van der Waals surface area contributed by atoms with Gasteiger partial charge in [0.2, 0.25) is 5.88 Å². The van der Waals surface area contributed by atoms with E-state index in [1.807, 2.05) is 0 Å². The molecule has 6 nitrogen and oxygen atoms in total. The largest absolute Gasteiger partial charge is 0.494 e. The Hall–Kier alpha value is -2.81. The van der Waals surface area contributed by atoms with E-state index in [4.69, 9.17) is 23.8 Å². The molecule has 1 aliphatic heterocycles. The van der Waals surface area contributed by atoms with Crippen LogP contribution in [0.5, 0.6) is 5.88 Å². The molecule has 2 heterocycles. The van der Waals surface area contributed by atoms with Crippen molar-refractivity contribution in [3.63, 3.8) is 0 Å². The van der Waals surface area contributed by atoms with Crippen molar-refractivity contribution in [2.75, 3.05) is 6.26 Å². The van der Waals surface area contributed by atoms with Crippen molar-refractivity contribution >= 4 is 58.2 Å². The number of allylic oxidation sites excluding steroid dienone is 1. The van der Waals surface area contributed by atoms with Crippen LogP contribution in [0.25, 0.3) is 17.3 Å². The van der Waals surface area contributed by atoms with Gasteiger partial charge >= 0.3 is 0 Å². The summed E-state index contributed by atoms with van der Waals surface area (Å²) in [5.74, 6) is -0.300. The number of fused-ring (bicyclic) bond motifs is 1. The molecular weight excluding hydrogens is 430 g/mol. The van der Waals surface area contributed by atoms with E-state index in [0.717, 1.165) is 5.56 Å². The van der Waals surface area contributed by atoms with Crippen molar-refractivity contribution in [2.45, 2.75) is 4.90 Å². The maximum absolute atomic E-state index is 12.5. The van der Waals surface area contributed by atoms with Crippen LogP contribution in [-0.4, -0.2) is 31.3 Å². The highest BCUT2D eigenvalue weighted by atomic mass is 35.5. The van der Waals surface area contributed by atoms with E-state index in [2.05, 4.69) is 9.98 Å². The number of hydrogen-bond acceptors (Lipinski definition) is 5. The van der Waals surface area contributed by atoms with Crippen LogP contribution >= 0.6 is 23.8 Å². The van der Waals surface area contributed by atoms with Crippen molar-refractivity contribution in [2.24, 2.45) is 4.99 Å². The summed E-state index contributed by atoms with van der Waals surface area (Å²) in [5.41, 5.74) is 2.11. The van der Waals surface area contributed by atoms with Gasteiger partial charge in [-0.05, 0) is 60.8 Å². The minimum atomic E-state index is -1.15. The van der Waals surface area contributed by atoms with Crippen LogP contribution in [0.15, 0.2) is 57.1 Å². The van der Waals surface area contributed by atoms with E-state index in [1.165, 1.54) is 10.6 Å². The lowest BCUT2D eigenvalue weighted by atomic mass is 10.1. The maximum atomic E-state index is 12.5. The fourth-order valence-corrected chi connectivity index (χ4v) is 3.97. The molecule has 0 amide bonds. The lowest BCUT2D eigenvalue weighted by Gasteiger charge is -2.12. The topological polar surface area (TPSA) is 87.5 Å². The molecule has 1 aliphatic rings. The third-order valence-electron chi connectivity index (χ3n) is 4.46. The number of rotatable bonds is 3. The van der Waals surface area contributed by atoms with Crippen molar-refractivity contribution in [3.8, 4) is 11.6 Å². The third kappa shape index (κ3) is 3.62. The zero-order valence-electron chi connectivity index (χ0n) is 15.0. The standard InChI is InChI=1S/C20H14ClN3O3S2/c1-29(27)14-6-7-17-15(9-14)11(10-22-17)8-16-18(25)23-20(28)24(19(16)26)13-4-2-12(21)3-5-13/h2-10,26H,1H3,(H,23,25,28). The van der Waals surface area contributed by atoms with E-state index in [9.17, 15) is 14.1 Å². The van der Waals surface area contributed by atoms with E-state index >= 15 is 0 Å². The number of nitrogens with one attached hydrogen (secondary N) is 1. The molecule has 29 heavy (non-hydrogen) atoms. The molecule has 1 aromatic heterocycles. The summed E-state index contributed by atoms with van der Waals surface area (Å²) in [7, 11) is -1.15. The van der Waals surface area contributed by atoms with Crippen LogP contribution in [0.3, 0.4) is 0 Å². The Bertz CT molecular complexity index is 1340. The van der Waals surface area contributed by atoms with E-state index < -0.39 is 16.4 Å². The molecule has 2 N–H and O–H groups in total. The van der Waals surface area contributed by atoms with Crippen molar-refractivity contribution in [1.29, 1.82) is 0 Å². The van der Waals surface area contributed by atoms with Gasteiger partial charge < -0.3 is 5.11 Å². The fourth-order valence-electron chi connectivity index (χ4n) is 3.02. The zero-order valence-corrected chi connectivity index (χ0v) is 17.4. The second-order valence-electron chi connectivity index (χ2n) is 6.30. The Kier molecular flexibility index (Phi) is 5.08. The molecule has 0 fully saturated rings. The Balaban J connectivity index is 1.89. The molecular formula is C20H14ClN3O3S2. The van der Waals surface area contributed by atoms with Gasteiger partial charge in [0.25, 0.3) is 5.56 Å². The summed E-state index contributed by atoms with van der Waals surface area (Å²) in [6.45, 7) is 0. The fraction of sp³-hybridized carbons (Fsp3) is 0.0500. The van der Waals surface area contributed by atoms with Gasteiger partial charge in [-0.1, -0.05) is 11.6 Å². The van der Waals surface area contributed by atoms with Gasteiger partial charge in [-0.25, -0.2) is 0 Å². The Morgan fingerprint density at radius 2 is 1.97 bits per heavy atom. The van der Waals surface area contributed by atoms with Crippen molar-refractivity contribution in [1.82, 2.24) is 9.55 Å². The molecule has 1 atom stereocenters. The molecule has 9 heteroatoms. The normalized spacial score (nSPS) is 14.9. The van der Waals surface area contributed by atoms with Gasteiger partial charge in [-0.2, -0.15) is 0 Å². The van der Waals surface area contributed by atoms with Gasteiger partial charge in [0.1, 0.15) is 5.56 Å². The SMILES string of the molecule is CS(=O)c1ccc2c(c1)C(=Cc1c(O)n(-c3ccc(Cl)cc3)c(=S)[nH]c1=O)C=N2. The number of hydrogen-bond donors (Lipinski definition) is 2. The number of benzene rings is 2. The summed E-state index contributed by atoms with van der Waals surface area (Å²) in [4.78, 5) is 20.1. The van der Waals surface area contributed by atoms with E-state index in [1.54, 1.807) is 54.9 Å². The smallest absolute Gasteiger partial charge is 0.262 e. The summed E-state index contributed by atoms with van der Waals surface area (Å²) < 4.78 is 13.2. The average Bonchev–Trinajstić information content (AvgIpc) is 3.08. The highest BCUT2D eigenvalue weighted by Crippen LogP contribution is 2.34. The molecule has 3 aromatic rings. The van der Waals surface area contributed by atoms with Gasteiger partial charge in [0.05, 0.1) is 11.4 Å². The first-order valence-electron chi connectivity index (χ1n) is 8.43. The van der Waals surface area contributed by atoms with Gasteiger partial charge in [0, 0.05) is 44.3 Å².